The highest BCUT2D eigenvalue weighted by molar-refractivity contribution is 5.78. The van der Waals surface area contributed by atoms with Crippen molar-refractivity contribution in [1.82, 2.24) is 5.32 Å². The van der Waals surface area contributed by atoms with Gasteiger partial charge in [0.2, 0.25) is 5.91 Å². The number of hydrogen-bond acceptors (Lipinski definition) is 3. The number of aliphatic hydroxyl groups excluding tert-OH is 1. The van der Waals surface area contributed by atoms with Crippen molar-refractivity contribution in [3.8, 4) is 5.75 Å². The van der Waals surface area contributed by atoms with E-state index in [0.29, 0.717) is 12.5 Å². The molecule has 1 aromatic carbocycles. The minimum Gasteiger partial charge on any atom is -0.491 e. The zero-order chi connectivity index (χ0) is 16.5. The molecule has 1 atom stereocenters. The molecular weight excluding hydrogens is 290 g/mol. The summed E-state index contributed by atoms with van der Waals surface area (Å²) < 4.78 is 5.50. The number of para-hydroxylation sites is 1. The van der Waals surface area contributed by atoms with Gasteiger partial charge in [0.15, 0.2) is 0 Å². The molecule has 23 heavy (non-hydrogen) atoms. The minimum atomic E-state index is -0.0148. The Morgan fingerprint density at radius 1 is 1.30 bits per heavy atom. The second-order valence-electron chi connectivity index (χ2n) is 6.54. The average molecular weight is 319 g/mol. The van der Waals surface area contributed by atoms with E-state index >= 15 is 0 Å². The second-order valence-corrected chi connectivity index (χ2v) is 6.54. The maximum absolute atomic E-state index is 12.3. The van der Waals surface area contributed by atoms with Gasteiger partial charge >= 0.3 is 0 Å². The predicted molar refractivity (Wildman–Crippen MR) is 91.2 cm³/mol. The van der Waals surface area contributed by atoms with Gasteiger partial charge in [0, 0.05) is 18.0 Å². The van der Waals surface area contributed by atoms with E-state index in [9.17, 15) is 4.79 Å². The molecule has 1 fully saturated rings. The van der Waals surface area contributed by atoms with Crippen LogP contribution >= 0.6 is 0 Å². The van der Waals surface area contributed by atoms with Crippen molar-refractivity contribution in [1.29, 1.82) is 0 Å². The molecule has 1 unspecified atom stereocenters. The molecule has 0 heterocycles. The van der Waals surface area contributed by atoms with Crippen molar-refractivity contribution in [3.63, 3.8) is 0 Å². The maximum Gasteiger partial charge on any atom is 0.223 e. The largest absolute Gasteiger partial charge is 0.491 e. The van der Waals surface area contributed by atoms with Crippen LogP contribution in [0, 0.1) is 11.8 Å². The van der Waals surface area contributed by atoms with Gasteiger partial charge in [0.1, 0.15) is 12.4 Å². The zero-order valence-electron chi connectivity index (χ0n) is 14.1. The molecule has 1 aliphatic rings. The Morgan fingerprint density at radius 2 is 2.04 bits per heavy atom. The van der Waals surface area contributed by atoms with E-state index in [1.807, 2.05) is 31.2 Å². The average Bonchev–Trinajstić information content (AvgIpc) is 2.59. The number of benzene rings is 1. The number of amides is 1. The topological polar surface area (TPSA) is 58.6 Å². The number of aliphatic hydroxyl groups is 1. The van der Waals surface area contributed by atoms with Gasteiger partial charge in [-0.05, 0) is 18.4 Å². The van der Waals surface area contributed by atoms with E-state index in [2.05, 4.69) is 5.32 Å². The molecule has 0 saturated heterocycles. The summed E-state index contributed by atoms with van der Waals surface area (Å²) in [5.41, 5.74) is 0.944. The van der Waals surface area contributed by atoms with Gasteiger partial charge < -0.3 is 15.2 Å². The lowest BCUT2D eigenvalue weighted by Gasteiger charge is -2.24. The Hall–Kier alpha value is -1.55. The van der Waals surface area contributed by atoms with Crippen LogP contribution in [0.4, 0.5) is 0 Å². The lowest BCUT2D eigenvalue weighted by Crippen LogP contribution is -2.30. The Bertz CT molecular complexity index is 483. The van der Waals surface area contributed by atoms with E-state index in [0.717, 1.165) is 17.7 Å². The molecule has 1 amide bonds. The first-order valence-corrected chi connectivity index (χ1v) is 8.80. The summed E-state index contributed by atoms with van der Waals surface area (Å²) in [6.07, 6.45) is 7.52. The Labute approximate surface area is 139 Å². The summed E-state index contributed by atoms with van der Waals surface area (Å²) in [6.45, 7) is 2.75. The van der Waals surface area contributed by atoms with Crippen LogP contribution in [0.25, 0.3) is 0 Å². The third kappa shape index (κ3) is 5.87. The summed E-state index contributed by atoms with van der Waals surface area (Å²) in [7, 11) is 0. The second kappa shape index (κ2) is 9.56. The van der Waals surface area contributed by atoms with Gasteiger partial charge in [-0.3, -0.25) is 4.79 Å². The van der Waals surface area contributed by atoms with Crippen molar-refractivity contribution in [2.45, 2.75) is 52.0 Å². The molecule has 1 aromatic rings. The van der Waals surface area contributed by atoms with E-state index in [-0.39, 0.29) is 25.0 Å². The quantitative estimate of drug-likeness (QED) is 0.773. The molecule has 2 N–H and O–H groups in total. The molecule has 0 bridgehead atoms. The van der Waals surface area contributed by atoms with Crippen molar-refractivity contribution >= 4 is 5.91 Å². The molecular formula is C19H29NO3. The lowest BCUT2D eigenvalue weighted by atomic mass is 9.83. The van der Waals surface area contributed by atoms with Crippen molar-refractivity contribution in [3.05, 3.63) is 29.8 Å². The highest BCUT2D eigenvalue weighted by atomic mass is 16.5. The SMILES string of the molecule is CC(CC1CCCCC1)C(=O)NCc1ccccc1OCCO. The monoisotopic (exact) mass is 319 g/mol. The standard InChI is InChI=1S/C19H29NO3/c1-15(13-16-7-3-2-4-8-16)19(22)20-14-17-9-5-6-10-18(17)23-12-11-21/h5-6,9-10,15-16,21H,2-4,7-8,11-14H2,1H3,(H,20,22). The summed E-state index contributed by atoms with van der Waals surface area (Å²) in [5.74, 6) is 1.61. The number of ether oxygens (including phenoxy) is 1. The van der Waals surface area contributed by atoms with E-state index in [1.54, 1.807) is 0 Å². The van der Waals surface area contributed by atoms with Crippen molar-refractivity contribution < 1.29 is 14.6 Å². The number of nitrogens with one attached hydrogen (secondary N) is 1. The fourth-order valence-corrected chi connectivity index (χ4v) is 3.33. The van der Waals surface area contributed by atoms with Gasteiger partial charge in [-0.15, -0.1) is 0 Å². The van der Waals surface area contributed by atoms with E-state index in [4.69, 9.17) is 9.84 Å². The van der Waals surface area contributed by atoms with Crippen LogP contribution < -0.4 is 10.1 Å². The summed E-state index contributed by atoms with van der Waals surface area (Å²) in [5, 5.41) is 11.9. The van der Waals surface area contributed by atoms with E-state index in [1.165, 1.54) is 32.1 Å². The number of carbonyl (C=O) groups is 1. The van der Waals surface area contributed by atoms with Crippen LogP contribution in [-0.2, 0) is 11.3 Å². The highest BCUT2D eigenvalue weighted by Crippen LogP contribution is 2.29. The first-order chi connectivity index (χ1) is 11.2. The smallest absolute Gasteiger partial charge is 0.223 e. The number of carbonyl (C=O) groups excluding carboxylic acids is 1. The lowest BCUT2D eigenvalue weighted by molar-refractivity contribution is -0.125. The van der Waals surface area contributed by atoms with Crippen LogP contribution in [0.5, 0.6) is 5.75 Å². The fraction of sp³-hybridized carbons (Fsp3) is 0.632. The molecule has 0 radical (unpaired) electrons. The number of rotatable bonds is 8. The summed E-state index contributed by atoms with van der Waals surface area (Å²) in [4.78, 5) is 12.3. The van der Waals surface area contributed by atoms with Crippen molar-refractivity contribution in [2.24, 2.45) is 11.8 Å². The molecule has 4 heteroatoms. The highest BCUT2D eigenvalue weighted by Gasteiger charge is 2.20. The predicted octanol–water partition coefficient (Wildman–Crippen LogP) is 3.28. The maximum atomic E-state index is 12.3. The molecule has 4 nitrogen and oxygen atoms in total. The Balaban J connectivity index is 1.81. The first kappa shape index (κ1) is 17.8. The van der Waals surface area contributed by atoms with Crippen LogP contribution in [0.2, 0.25) is 0 Å². The van der Waals surface area contributed by atoms with Gasteiger partial charge in [0.25, 0.3) is 0 Å². The van der Waals surface area contributed by atoms with Gasteiger partial charge in [-0.25, -0.2) is 0 Å². The third-order valence-electron chi connectivity index (χ3n) is 4.63. The van der Waals surface area contributed by atoms with Gasteiger partial charge in [-0.1, -0.05) is 57.2 Å². The first-order valence-electron chi connectivity index (χ1n) is 8.80. The summed E-state index contributed by atoms with van der Waals surface area (Å²) >= 11 is 0. The normalized spacial score (nSPS) is 16.8. The van der Waals surface area contributed by atoms with Crippen LogP contribution in [-0.4, -0.2) is 24.2 Å². The molecule has 0 aromatic heterocycles. The van der Waals surface area contributed by atoms with Gasteiger partial charge in [0.05, 0.1) is 6.61 Å². The third-order valence-corrected chi connectivity index (χ3v) is 4.63. The molecule has 1 saturated carbocycles. The molecule has 0 spiro atoms. The number of hydrogen-bond donors (Lipinski definition) is 2. The zero-order valence-corrected chi connectivity index (χ0v) is 14.1. The van der Waals surface area contributed by atoms with Crippen molar-refractivity contribution in [2.75, 3.05) is 13.2 Å². The molecule has 2 rings (SSSR count). The summed E-state index contributed by atoms with van der Waals surface area (Å²) in [6, 6.07) is 7.63. The van der Waals surface area contributed by atoms with Gasteiger partial charge in [-0.2, -0.15) is 0 Å². The van der Waals surface area contributed by atoms with Crippen LogP contribution in [0.3, 0.4) is 0 Å². The molecule has 1 aliphatic carbocycles. The van der Waals surface area contributed by atoms with Crippen LogP contribution in [0.15, 0.2) is 24.3 Å². The molecule has 128 valence electrons. The minimum absolute atomic E-state index is 0.0148. The fourth-order valence-electron chi connectivity index (χ4n) is 3.33. The Morgan fingerprint density at radius 3 is 2.78 bits per heavy atom. The van der Waals surface area contributed by atoms with Crippen LogP contribution in [0.1, 0.15) is 51.0 Å². The molecule has 0 aliphatic heterocycles. The van der Waals surface area contributed by atoms with E-state index < -0.39 is 0 Å². The Kier molecular flexibility index (Phi) is 7.40.